The molecule has 0 unspecified atom stereocenters. The predicted octanol–water partition coefficient (Wildman–Crippen LogP) is 2.80. The van der Waals surface area contributed by atoms with Gasteiger partial charge in [0.1, 0.15) is 6.07 Å². The normalized spacial score (nSPS) is 14.6. The molecule has 20 heavy (non-hydrogen) atoms. The Morgan fingerprint density at radius 3 is 2.65 bits per heavy atom. The smallest absolute Gasteiger partial charge is 0.101 e. The molecule has 0 aromatic heterocycles. The molecular formula is C17H17N3. The largest absolute Gasteiger partial charge is 0.397 e. The van der Waals surface area contributed by atoms with Crippen molar-refractivity contribution in [2.45, 2.75) is 13.0 Å². The van der Waals surface area contributed by atoms with Crippen molar-refractivity contribution in [2.75, 3.05) is 19.3 Å². The van der Waals surface area contributed by atoms with E-state index in [0.29, 0.717) is 11.3 Å². The predicted molar refractivity (Wildman–Crippen MR) is 81.0 cm³/mol. The first kappa shape index (κ1) is 12.7. The Labute approximate surface area is 119 Å². The number of nitrogen functional groups attached to an aromatic ring is 1. The number of hydrogen-bond acceptors (Lipinski definition) is 3. The van der Waals surface area contributed by atoms with Gasteiger partial charge in [-0.3, -0.25) is 0 Å². The molecule has 2 aromatic carbocycles. The van der Waals surface area contributed by atoms with Gasteiger partial charge in [0.05, 0.1) is 11.3 Å². The molecule has 3 rings (SSSR count). The van der Waals surface area contributed by atoms with Crippen LogP contribution < -0.4 is 5.73 Å². The molecule has 0 aliphatic carbocycles. The lowest BCUT2D eigenvalue weighted by Gasteiger charge is -2.28. The molecule has 2 aromatic rings. The SMILES string of the molecule is CN1CCc2c(-c3ccccc3)cc(C#N)c(N)c2C1. The molecule has 2 N–H and O–H groups in total. The molecule has 100 valence electrons. The Bertz CT molecular complexity index is 684. The maximum atomic E-state index is 9.31. The van der Waals surface area contributed by atoms with Gasteiger partial charge in [-0.25, -0.2) is 0 Å². The van der Waals surface area contributed by atoms with Crippen LogP contribution in [-0.2, 0) is 13.0 Å². The average molecular weight is 263 g/mol. The van der Waals surface area contributed by atoms with Crippen LogP contribution in [0.25, 0.3) is 11.1 Å². The van der Waals surface area contributed by atoms with Crippen LogP contribution in [-0.4, -0.2) is 18.5 Å². The van der Waals surface area contributed by atoms with Crippen molar-refractivity contribution in [1.82, 2.24) is 4.90 Å². The molecule has 0 fully saturated rings. The number of anilines is 1. The second kappa shape index (κ2) is 4.99. The third-order valence-electron chi connectivity index (χ3n) is 3.97. The molecule has 0 saturated carbocycles. The highest BCUT2D eigenvalue weighted by Gasteiger charge is 2.21. The molecule has 0 saturated heterocycles. The maximum absolute atomic E-state index is 9.31. The molecule has 3 nitrogen and oxygen atoms in total. The number of nitriles is 1. The topological polar surface area (TPSA) is 53.0 Å². The minimum absolute atomic E-state index is 0.581. The first-order chi connectivity index (χ1) is 9.70. The molecule has 0 amide bonds. The van der Waals surface area contributed by atoms with Gasteiger partial charge >= 0.3 is 0 Å². The van der Waals surface area contributed by atoms with Crippen molar-refractivity contribution in [3.63, 3.8) is 0 Å². The van der Waals surface area contributed by atoms with Crippen molar-refractivity contribution in [3.8, 4) is 17.2 Å². The Morgan fingerprint density at radius 2 is 1.95 bits per heavy atom. The van der Waals surface area contributed by atoms with E-state index in [1.54, 1.807) is 0 Å². The number of fused-ring (bicyclic) bond motifs is 1. The van der Waals surface area contributed by atoms with Crippen molar-refractivity contribution in [2.24, 2.45) is 0 Å². The second-order valence-corrected chi connectivity index (χ2v) is 5.31. The van der Waals surface area contributed by atoms with E-state index in [1.165, 1.54) is 5.56 Å². The lowest BCUT2D eigenvalue weighted by Crippen LogP contribution is -2.28. The zero-order chi connectivity index (χ0) is 14.1. The van der Waals surface area contributed by atoms with Gasteiger partial charge in [-0.2, -0.15) is 5.26 Å². The lowest BCUT2D eigenvalue weighted by atomic mass is 9.87. The molecule has 0 spiro atoms. The summed E-state index contributed by atoms with van der Waals surface area (Å²) in [6, 6.07) is 14.4. The van der Waals surface area contributed by atoms with E-state index in [1.807, 2.05) is 24.3 Å². The Morgan fingerprint density at radius 1 is 1.20 bits per heavy atom. The molecule has 1 aliphatic rings. The van der Waals surface area contributed by atoms with Gasteiger partial charge in [0.2, 0.25) is 0 Å². The molecule has 0 bridgehead atoms. The standard InChI is InChI=1S/C17H17N3/c1-20-8-7-14-15(12-5-3-2-4-6-12)9-13(10-18)17(19)16(14)11-20/h2-6,9H,7-8,11,19H2,1H3. The van der Waals surface area contributed by atoms with E-state index < -0.39 is 0 Å². The number of nitrogens with two attached hydrogens (primary N) is 1. The Kier molecular flexibility index (Phi) is 3.17. The summed E-state index contributed by atoms with van der Waals surface area (Å²) in [5, 5.41) is 9.31. The summed E-state index contributed by atoms with van der Waals surface area (Å²) in [5.74, 6) is 0. The van der Waals surface area contributed by atoms with E-state index >= 15 is 0 Å². The van der Waals surface area contributed by atoms with Crippen LogP contribution in [0.5, 0.6) is 0 Å². The highest BCUT2D eigenvalue weighted by atomic mass is 15.1. The van der Waals surface area contributed by atoms with Gasteiger partial charge in [0.25, 0.3) is 0 Å². The van der Waals surface area contributed by atoms with E-state index in [-0.39, 0.29) is 0 Å². The fourth-order valence-corrected chi connectivity index (χ4v) is 2.88. The maximum Gasteiger partial charge on any atom is 0.101 e. The summed E-state index contributed by atoms with van der Waals surface area (Å²) >= 11 is 0. The van der Waals surface area contributed by atoms with Crippen molar-refractivity contribution < 1.29 is 0 Å². The van der Waals surface area contributed by atoms with Gasteiger partial charge in [0.15, 0.2) is 0 Å². The van der Waals surface area contributed by atoms with Gasteiger partial charge < -0.3 is 10.6 Å². The number of likely N-dealkylation sites (N-methyl/N-ethyl adjacent to an activating group) is 1. The minimum atomic E-state index is 0.581. The average Bonchev–Trinajstić information content (AvgIpc) is 2.49. The van der Waals surface area contributed by atoms with Crippen LogP contribution in [0.1, 0.15) is 16.7 Å². The fourth-order valence-electron chi connectivity index (χ4n) is 2.88. The Hall–Kier alpha value is -2.31. The van der Waals surface area contributed by atoms with Crippen LogP contribution >= 0.6 is 0 Å². The van der Waals surface area contributed by atoms with Crippen LogP contribution in [0.4, 0.5) is 5.69 Å². The molecule has 1 aliphatic heterocycles. The number of hydrogen-bond donors (Lipinski definition) is 1. The van der Waals surface area contributed by atoms with Crippen LogP contribution in [0.3, 0.4) is 0 Å². The summed E-state index contributed by atoms with van der Waals surface area (Å²) in [4.78, 5) is 2.24. The zero-order valence-electron chi connectivity index (χ0n) is 11.6. The van der Waals surface area contributed by atoms with Crippen molar-refractivity contribution in [3.05, 3.63) is 53.1 Å². The number of nitrogens with zero attached hydrogens (tertiary/aromatic N) is 2. The Balaban J connectivity index is 2.26. The molecular weight excluding hydrogens is 246 g/mol. The lowest BCUT2D eigenvalue weighted by molar-refractivity contribution is 0.314. The van der Waals surface area contributed by atoms with Crippen LogP contribution in [0.15, 0.2) is 36.4 Å². The highest BCUT2D eigenvalue weighted by Crippen LogP contribution is 2.35. The molecule has 1 heterocycles. The van der Waals surface area contributed by atoms with E-state index in [4.69, 9.17) is 5.73 Å². The van der Waals surface area contributed by atoms with Gasteiger partial charge in [-0.15, -0.1) is 0 Å². The van der Waals surface area contributed by atoms with Gasteiger partial charge in [-0.05, 0) is 41.8 Å². The zero-order valence-corrected chi connectivity index (χ0v) is 11.6. The third-order valence-corrected chi connectivity index (χ3v) is 3.97. The number of rotatable bonds is 1. The first-order valence-corrected chi connectivity index (χ1v) is 6.79. The third kappa shape index (κ3) is 2.04. The van der Waals surface area contributed by atoms with Gasteiger partial charge in [0, 0.05) is 13.1 Å². The summed E-state index contributed by atoms with van der Waals surface area (Å²) in [6.45, 7) is 1.84. The van der Waals surface area contributed by atoms with E-state index in [2.05, 4.69) is 30.1 Å². The van der Waals surface area contributed by atoms with Gasteiger partial charge in [-0.1, -0.05) is 30.3 Å². The van der Waals surface area contributed by atoms with Crippen molar-refractivity contribution >= 4 is 5.69 Å². The fraction of sp³-hybridized carbons (Fsp3) is 0.235. The summed E-state index contributed by atoms with van der Waals surface area (Å²) in [7, 11) is 2.09. The summed E-state index contributed by atoms with van der Waals surface area (Å²) in [6.07, 6.45) is 0.978. The molecule has 0 radical (unpaired) electrons. The molecule has 0 atom stereocenters. The van der Waals surface area contributed by atoms with Crippen LogP contribution in [0.2, 0.25) is 0 Å². The van der Waals surface area contributed by atoms with Crippen molar-refractivity contribution in [1.29, 1.82) is 5.26 Å². The number of benzene rings is 2. The quantitative estimate of drug-likeness (QED) is 0.805. The summed E-state index contributed by atoms with van der Waals surface area (Å²) < 4.78 is 0. The van der Waals surface area contributed by atoms with E-state index in [0.717, 1.165) is 36.2 Å². The monoisotopic (exact) mass is 263 g/mol. The minimum Gasteiger partial charge on any atom is -0.397 e. The second-order valence-electron chi connectivity index (χ2n) is 5.31. The van der Waals surface area contributed by atoms with E-state index in [9.17, 15) is 5.26 Å². The first-order valence-electron chi connectivity index (χ1n) is 6.79. The summed E-state index contributed by atoms with van der Waals surface area (Å²) in [5.41, 5.74) is 12.1. The molecule has 3 heteroatoms. The van der Waals surface area contributed by atoms with Crippen LogP contribution in [0, 0.1) is 11.3 Å². The highest BCUT2D eigenvalue weighted by molar-refractivity contribution is 5.77.